The quantitative estimate of drug-likeness (QED) is 0.127. The molecule has 0 fully saturated rings. The molecule has 0 N–H and O–H groups in total. The number of allylic oxidation sites excluding steroid dienone is 1. The third kappa shape index (κ3) is 6.44. The van der Waals surface area contributed by atoms with Crippen LogP contribution in [0.5, 0.6) is 11.5 Å². The summed E-state index contributed by atoms with van der Waals surface area (Å²) >= 11 is 0. The summed E-state index contributed by atoms with van der Waals surface area (Å²) in [7, 11) is 1.62. The first-order chi connectivity index (χ1) is 21.1. The molecule has 0 spiro atoms. The molecule has 5 aromatic rings. The van der Waals surface area contributed by atoms with Crippen LogP contribution in [0.1, 0.15) is 39.3 Å². The van der Waals surface area contributed by atoms with E-state index in [-0.39, 0.29) is 5.69 Å². The van der Waals surface area contributed by atoms with Crippen molar-refractivity contribution < 1.29 is 14.4 Å². The van der Waals surface area contributed by atoms with E-state index in [1.54, 1.807) is 30.1 Å². The third-order valence-corrected chi connectivity index (χ3v) is 7.06. The minimum atomic E-state index is -0.410. The molecule has 0 atom stereocenters. The van der Waals surface area contributed by atoms with Crippen LogP contribution in [0.2, 0.25) is 0 Å². The molecule has 0 radical (unpaired) electrons. The number of nitro groups is 1. The molecule has 0 aliphatic heterocycles. The zero-order chi connectivity index (χ0) is 29.6. The van der Waals surface area contributed by atoms with Gasteiger partial charge in [0.2, 0.25) is 0 Å². The van der Waals surface area contributed by atoms with Crippen molar-refractivity contribution in [1.29, 1.82) is 0 Å². The molecule has 6 rings (SSSR count). The molecule has 2 heterocycles. The fraction of sp³-hybridized carbons (Fsp3) is 0.0857. The largest absolute Gasteiger partial charge is 0.496 e. The second kappa shape index (κ2) is 12.4. The van der Waals surface area contributed by atoms with Crippen LogP contribution in [-0.2, 0) is 13.0 Å². The lowest BCUT2D eigenvalue weighted by atomic mass is 10.1. The van der Waals surface area contributed by atoms with Crippen molar-refractivity contribution in [3.8, 4) is 17.2 Å². The van der Waals surface area contributed by atoms with Gasteiger partial charge in [-0.15, -0.1) is 0 Å². The summed E-state index contributed by atoms with van der Waals surface area (Å²) in [6.07, 6.45) is 14.9. The number of hydrogen-bond acceptors (Lipinski definition) is 6. The second-order valence-corrected chi connectivity index (χ2v) is 9.92. The number of nitrogens with zero attached hydrogens (tertiary/aromatic N) is 4. The van der Waals surface area contributed by atoms with Gasteiger partial charge in [0.15, 0.2) is 0 Å². The first-order valence-corrected chi connectivity index (χ1v) is 13.8. The van der Waals surface area contributed by atoms with E-state index >= 15 is 0 Å². The van der Waals surface area contributed by atoms with Gasteiger partial charge in [-0.1, -0.05) is 42.5 Å². The number of rotatable bonds is 10. The lowest BCUT2D eigenvalue weighted by Crippen LogP contribution is -1.99. The molecule has 0 amide bonds. The average molecular weight is 569 g/mol. The molecular formula is C35H28N4O4. The topological polar surface area (TPSA) is 92.3 Å². The van der Waals surface area contributed by atoms with E-state index in [2.05, 4.69) is 41.4 Å². The van der Waals surface area contributed by atoms with Crippen LogP contribution in [0, 0.1) is 10.1 Å². The van der Waals surface area contributed by atoms with Crippen molar-refractivity contribution in [2.75, 3.05) is 7.11 Å². The molecule has 1 aliphatic rings. The van der Waals surface area contributed by atoms with Crippen molar-refractivity contribution in [1.82, 2.24) is 14.8 Å². The maximum Gasteiger partial charge on any atom is 0.269 e. The van der Waals surface area contributed by atoms with Gasteiger partial charge in [-0.3, -0.25) is 15.1 Å². The van der Waals surface area contributed by atoms with Crippen LogP contribution in [0.3, 0.4) is 0 Å². The van der Waals surface area contributed by atoms with Gasteiger partial charge < -0.3 is 9.47 Å². The van der Waals surface area contributed by atoms with E-state index in [1.165, 1.54) is 23.3 Å². The molecule has 0 saturated carbocycles. The Morgan fingerprint density at radius 1 is 0.953 bits per heavy atom. The highest BCUT2D eigenvalue weighted by Crippen LogP contribution is 2.28. The predicted molar refractivity (Wildman–Crippen MR) is 169 cm³/mol. The van der Waals surface area contributed by atoms with Gasteiger partial charge in [-0.2, -0.15) is 5.10 Å². The zero-order valence-electron chi connectivity index (χ0n) is 23.5. The Balaban J connectivity index is 1.27. The number of non-ortho nitro benzene ring substituents is 1. The van der Waals surface area contributed by atoms with Crippen molar-refractivity contribution in [3.05, 3.63) is 147 Å². The van der Waals surface area contributed by atoms with Gasteiger partial charge in [0.25, 0.3) is 5.69 Å². The van der Waals surface area contributed by atoms with Crippen LogP contribution in [-0.4, -0.2) is 26.8 Å². The number of nitro benzene ring substituents is 1. The first-order valence-electron chi connectivity index (χ1n) is 13.8. The van der Waals surface area contributed by atoms with Gasteiger partial charge in [0.1, 0.15) is 18.1 Å². The summed E-state index contributed by atoms with van der Waals surface area (Å²) in [5.41, 5.74) is 7.64. The van der Waals surface area contributed by atoms with Crippen LogP contribution >= 0.6 is 0 Å². The van der Waals surface area contributed by atoms with Crippen molar-refractivity contribution in [3.63, 3.8) is 0 Å². The van der Waals surface area contributed by atoms with Crippen LogP contribution in [0.15, 0.2) is 97.2 Å². The van der Waals surface area contributed by atoms with E-state index in [1.807, 2.05) is 60.7 Å². The first kappa shape index (κ1) is 27.4. The summed E-state index contributed by atoms with van der Waals surface area (Å²) in [5.74, 6) is 1.34. The molecule has 212 valence electrons. The molecular weight excluding hydrogens is 540 g/mol. The van der Waals surface area contributed by atoms with E-state index in [0.717, 1.165) is 34.6 Å². The van der Waals surface area contributed by atoms with E-state index in [9.17, 15) is 10.1 Å². The Morgan fingerprint density at radius 3 is 2.63 bits per heavy atom. The fourth-order valence-electron chi connectivity index (χ4n) is 4.84. The number of benzene rings is 3. The third-order valence-electron chi connectivity index (χ3n) is 7.06. The number of methoxy groups -OCH3 is 1. The van der Waals surface area contributed by atoms with Crippen LogP contribution < -0.4 is 9.47 Å². The lowest BCUT2D eigenvalue weighted by molar-refractivity contribution is -0.384. The fourth-order valence-corrected chi connectivity index (χ4v) is 4.84. The number of hydrogen-bond donors (Lipinski definition) is 0. The number of pyridine rings is 1. The monoisotopic (exact) mass is 568 g/mol. The van der Waals surface area contributed by atoms with Crippen LogP contribution in [0.25, 0.3) is 36.1 Å². The molecule has 3 aromatic carbocycles. The Bertz CT molecular complexity index is 1860. The summed E-state index contributed by atoms with van der Waals surface area (Å²) in [6.45, 7) is 0.359. The summed E-state index contributed by atoms with van der Waals surface area (Å²) in [6, 6.07) is 26.1. The molecule has 8 nitrogen and oxygen atoms in total. The summed E-state index contributed by atoms with van der Waals surface area (Å²) < 4.78 is 13.3. The van der Waals surface area contributed by atoms with E-state index in [0.29, 0.717) is 23.8 Å². The molecule has 2 aromatic heterocycles. The second-order valence-electron chi connectivity index (χ2n) is 9.92. The van der Waals surface area contributed by atoms with Crippen LogP contribution in [0.4, 0.5) is 5.69 Å². The maximum atomic E-state index is 11.2. The van der Waals surface area contributed by atoms with Crippen molar-refractivity contribution in [2.24, 2.45) is 0 Å². The normalized spacial score (nSPS) is 12.2. The Morgan fingerprint density at radius 2 is 1.84 bits per heavy atom. The number of aromatic nitrogens is 3. The molecule has 0 bridgehead atoms. The van der Waals surface area contributed by atoms with Gasteiger partial charge in [-0.05, 0) is 83.8 Å². The van der Waals surface area contributed by atoms with E-state index < -0.39 is 4.92 Å². The maximum absolute atomic E-state index is 11.2. The minimum absolute atomic E-state index is 0.0272. The number of ether oxygens (including phenoxy) is 2. The van der Waals surface area contributed by atoms with Crippen molar-refractivity contribution in [2.45, 2.75) is 13.0 Å². The zero-order valence-corrected chi connectivity index (χ0v) is 23.5. The van der Waals surface area contributed by atoms with Gasteiger partial charge in [-0.25, -0.2) is 4.68 Å². The SMILES string of the molecule is COc1cc(OCc2ccccn2)ccc1/C=C/c1cc(/C=C/c2ccc3c(c2)CC=C3)n(-c2ccc([N+](=O)[O-])cc2)n1. The van der Waals surface area contributed by atoms with Gasteiger partial charge >= 0.3 is 0 Å². The lowest BCUT2D eigenvalue weighted by Gasteiger charge is -2.09. The van der Waals surface area contributed by atoms with Crippen molar-refractivity contribution >= 4 is 36.1 Å². The molecule has 0 saturated heterocycles. The van der Waals surface area contributed by atoms with Gasteiger partial charge in [0, 0.05) is 30.0 Å². The highest BCUT2D eigenvalue weighted by Gasteiger charge is 2.11. The Hall–Kier alpha value is -5.76. The Kier molecular flexibility index (Phi) is 7.91. The molecule has 1 aliphatic carbocycles. The molecule has 8 heteroatoms. The standard InChI is InChI=1S/C35H28N4O4/c1-42-35-23-34(43-24-30-7-2-3-20-36-30)19-12-27(35)11-13-29-22-33(14-9-25-8-10-26-5-4-6-28(26)21-25)38(37-29)31-15-17-32(18-16-31)39(40)41/h2-5,7-23H,6,24H2,1H3/b13-11+,14-9+. The summed E-state index contributed by atoms with van der Waals surface area (Å²) in [4.78, 5) is 15.1. The molecule has 0 unspecified atom stereocenters. The molecule has 43 heavy (non-hydrogen) atoms. The highest BCUT2D eigenvalue weighted by atomic mass is 16.6. The Labute approximate surface area is 249 Å². The average Bonchev–Trinajstić information content (AvgIpc) is 3.69. The summed E-state index contributed by atoms with van der Waals surface area (Å²) in [5, 5.41) is 16.0. The van der Waals surface area contributed by atoms with Gasteiger partial charge in [0.05, 0.1) is 34.8 Å². The predicted octanol–water partition coefficient (Wildman–Crippen LogP) is 7.67. The van der Waals surface area contributed by atoms with E-state index in [4.69, 9.17) is 14.6 Å². The number of fused-ring (bicyclic) bond motifs is 1. The minimum Gasteiger partial charge on any atom is -0.496 e. The highest BCUT2D eigenvalue weighted by molar-refractivity contribution is 5.75. The smallest absolute Gasteiger partial charge is 0.269 e.